The predicted molar refractivity (Wildman–Crippen MR) is 110 cm³/mol. The van der Waals surface area contributed by atoms with Crippen LogP contribution in [-0.2, 0) is 18.5 Å². The zero-order chi connectivity index (χ0) is 28.0. The maximum atomic E-state index is 13.6. The maximum Gasteiger partial charge on any atom is 0.451 e. The number of alkyl halides is 9. The minimum absolute atomic E-state index is 0.0365. The number of anilines is 1. The van der Waals surface area contributed by atoms with E-state index in [9.17, 15) is 39.5 Å². The third-order valence-corrected chi connectivity index (χ3v) is 5.10. The van der Waals surface area contributed by atoms with Crippen LogP contribution >= 0.6 is 0 Å². The molecule has 0 aliphatic rings. The molecule has 1 N–H and O–H groups in total. The first kappa shape index (κ1) is 26.6. The van der Waals surface area contributed by atoms with Crippen molar-refractivity contribution >= 4 is 16.7 Å². The Balaban J connectivity index is 1.89. The van der Waals surface area contributed by atoms with E-state index in [2.05, 4.69) is 30.4 Å². The number of hydrogen-bond donors (Lipinski definition) is 1. The van der Waals surface area contributed by atoms with Crippen LogP contribution in [0.2, 0.25) is 0 Å². The lowest BCUT2D eigenvalue weighted by molar-refractivity contribution is -0.146. The average Bonchev–Trinajstić information content (AvgIpc) is 3.31. The van der Waals surface area contributed by atoms with E-state index in [0.29, 0.717) is 0 Å². The van der Waals surface area contributed by atoms with Gasteiger partial charge >= 0.3 is 18.5 Å². The minimum atomic E-state index is -5.47. The van der Waals surface area contributed by atoms with Crippen molar-refractivity contribution in [2.24, 2.45) is 0 Å². The highest BCUT2D eigenvalue weighted by atomic mass is 19.4. The third-order valence-electron chi connectivity index (χ3n) is 5.10. The van der Waals surface area contributed by atoms with Gasteiger partial charge in [0, 0.05) is 11.6 Å². The van der Waals surface area contributed by atoms with Gasteiger partial charge in [0.15, 0.2) is 11.6 Å². The van der Waals surface area contributed by atoms with Crippen LogP contribution in [0, 0.1) is 11.3 Å². The minimum Gasteiger partial charge on any atom is -0.360 e. The van der Waals surface area contributed by atoms with E-state index in [1.807, 2.05) is 6.07 Å². The summed E-state index contributed by atoms with van der Waals surface area (Å²) in [4.78, 5) is 14.1. The molecule has 0 aliphatic heterocycles. The monoisotopic (exact) mass is 546 g/mol. The van der Waals surface area contributed by atoms with E-state index in [4.69, 9.17) is 5.26 Å². The molecule has 0 fully saturated rings. The number of nitrogens with one attached hydrogen (secondary N) is 1. The maximum absolute atomic E-state index is 13.6. The lowest BCUT2D eigenvalue weighted by Gasteiger charge is -2.20. The van der Waals surface area contributed by atoms with Gasteiger partial charge in [-0.15, -0.1) is 0 Å². The SMILES string of the molecule is CC(Nc1nc(C(F)(F)F)nc2c(C(F)(F)F)cc(C(F)(F)F)cc12)c1ncnn1-c1ccc(C#N)cn1. The summed E-state index contributed by atoms with van der Waals surface area (Å²) in [6.07, 6.45) is -13.8. The van der Waals surface area contributed by atoms with E-state index in [-0.39, 0.29) is 29.3 Å². The quantitative estimate of drug-likeness (QED) is 0.327. The summed E-state index contributed by atoms with van der Waals surface area (Å²) >= 11 is 0. The molecule has 0 saturated carbocycles. The Morgan fingerprint density at radius 3 is 2.18 bits per heavy atom. The molecule has 0 radical (unpaired) electrons. The van der Waals surface area contributed by atoms with Crippen molar-refractivity contribution in [3.63, 3.8) is 0 Å². The third kappa shape index (κ3) is 5.14. The largest absolute Gasteiger partial charge is 0.451 e. The summed E-state index contributed by atoms with van der Waals surface area (Å²) in [5.41, 5.74) is -4.95. The van der Waals surface area contributed by atoms with Crippen LogP contribution in [0.4, 0.5) is 45.3 Å². The fourth-order valence-electron chi connectivity index (χ4n) is 3.42. The van der Waals surface area contributed by atoms with Gasteiger partial charge in [0.1, 0.15) is 18.2 Å². The van der Waals surface area contributed by atoms with E-state index >= 15 is 0 Å². The molecule has 0 saturated heterocycles. The first-order chi connectivity index (χ1) is 17.6. The molecule has 0 spiro atoms. The van der Waals surface area contributed by atoms with Gasteiger partial charge in [-0.25, -0.2) is 19.9 Å². The zero-order valence-electron chi connectivity index (χ0n) is 18.6. The number of nitrogens with zero attached hydrogens (tertiary/aromatic N) is 7. The number of aromatic nitrogens is 6. The highest BCUT2D eigenvalue weighted by molar-refractivity contribution is 5.92. The number of pyridine rings is 1. The van der Waals surface area contributed by atoms with Gasteiger partial charge in [0.2, 0.25) is 5.82 Å². The number of fused-ring (bicyclic) bond motifs is 1. The lowest BCUT2D eigenvalue weighted by atomic mass is 10.0. The highest BCUT2D eigenvalue weighted by Gasteiger charge is 2.42. The summed E-state index contributed by atoms with van der Waals surface area (Å²) in [7, 11) is 0. The highest BCUT2D eigenvalue weighted by Crippen LogP contribution is 2.42. The Morgan fingerprint density at radius 1 is 0.921 bits per heavy atom. The summed E-state index contributed by atoms with van der Waals surface area (Å²) in [6, 6.07) is 3.36. The average molecular weight is 546 g/mol. The number of nitriles is 1. The molecule has 17 heteroatoms. The second-order valence-corrected chi connectivity index (χ2v) is 7.72. The Hall–Kier alpha value is -4.49. The normalized spacial score (nSPS) is 13.4. The summed E-state index contributed by atoms with van der Waals surface area (Å²) in [5.74, 6) is -2.87. The molecule has 4 rings (SSSR count). The number of hydrogen-bond acceptors (Lipinski definition) is 7. The molecule has 0 amide bonds. The van der Waals surface area contributed by atoms with Crippen LogP contribution in [0.1, 0.15) is 41.3 Å². The second-order valence-electron chi connectivity index (χ2n) is 7.72. The molecule has 198 valence electrons. The van der Waals surface area contributed by atoms with E-state index in [1.54, 1.807) is 0 Å². The molecular formula is C21H11F9N8. The van der Waals surface area contributed by atoms with E-state index < -0.39 is 58.2 Å². The number of rotatable bonds is 4. The molecular weight excluding hydrogens is 535 g/mol. The molecule has 3 heterocycles. The fraction of sp³-hybridized carbons (Fsp3) is 0.238. The van der Waals surface area contributed by atoms with Gasteiger partial charge in [0.25, 0.3) is 0 Å². The Labute approximate surface area is 205 Å². The summed E-state index contributed by atoms with van der Waals surface area (Å²) < 4.78 is 123. The Morgan fingerprint density at radius 2 is 1.63 bits per heavy atom. The van der Waals surface area contributed by atoms with Crippen molar-refractivity contribution < 1.29 is 39.5 Å². The van der Waals surface area contributed by atoms with Crippen LogP contribution < -0.4 is 5.32 Å². The summed E-state index contributed by atoms with van der Waals surface area (Å²) in [6.45, 7) is 1.31. The fourth-order valence-corrected chi connectivity index (χ4v) is 3.42. The standard InChI is InChI=1S/C21H11F9N8/c1-9(17-33-8-34-38(17)14-3-2-10(6-31)7-32-14)35-16-12-4-11(19(22,23)24)5-13(20(25,26)27)15(12)36-18(37-16)21(28,29)30/h2-5,7-9H,1H3,(H,35,36,37). The molecule has 8 nitrogen and oxygen atoms in total. The molecule has 3 aromatic heterocycles. The molecule has 0 bridgehead atoms. The lowest BCUT2D eigenvalue weighted by Crippen LogP contribution is -2.20. The van der Waals surface area contributed by atoms with Gasteiger partial charge in [-0.1, -0.05) is 0 Å². The van der Waals surface area contributed by atoms with Crippen LogP contribution in [0.15, 0.2) is 36.8 Å². The van der Waals surface area contributed by atoms with Gasteiger partial charge in [-0.3, -0.25) is 0 Å². The zero-order valence-corrected chi connectivity index (χ0v) is 18.6. The Kier molecular flexibility index (Phi) is 6.37. The molecule has 1 atom stereocenters. The van der Waals surface area contributed by atoms with Gasteiger partial charge in [-0.05, 0) is 31.2 Å². The Bertz CT molecular complexity index is 1530. The topological polar surface area (TPSA) is 105 Å². The molecule has 0 aliphatic carbocycles. The van der Waals surface area contributed by atoms with Crippen molar-refractivity contribution in [3.05, 3.63) is 65.1 Å². The molecule has 4 aromatic rings. The van der Waals surface area contributed by atoms with Gasteiger partial charge in [-0.2, -0.15) is 54.6 Å². The van der Waals surface area contributed by atoms with Crippen molar-refractivity contribution in [3.8, 4) is 11.9 Å². The van der Waals surface area contributed by atoms with Crippen LogP contribution in [0.25, 0.3) is 16.7 Å². The van der Waals surface area contributed by atoms with Crippen LogP contribution in [-0.4, -0.2) is 29.7 Å². The predicted octanol–water partition coefficient (Wildman–Crippen LogP) is 5.71. The molecule has 1 aromatic carbocycles. The first-order valence-electron chi connectivity index (χ1n) is 10.2. The van der Waals surface area contributed by atoms with Crippen molar-refractivity contribution in [2.45, 2.75) is 31.5 Å². The second kappa shape index (κ2) is 9.11. The number of halogens is 9. The van der Waals surface area contributed by atoms with E-state index in [1.165, 1.54) is 25.3 Å². The van der Waals surface area contributed by atoms with Crippen LogP contribution in [0.3, 0.4) is 0 Å². The van der Waals surface area contributed by atoms with Crippen molar-refractivity contribution in [1.82, 2.24) is 29.7 Å². The van der Waals surface area contributed by atoms with Gasteiger partial charge in [0.05, 0.1) is 28.2 Å². The molecule has 38 heavy (non-hydrogen) atoms. The smallest absolute Gasteiger partial charge is 0.360 e. The van der Waals surface area contributed by atoms with Crippen molar-refractivity contribution in [2.75, 3.05) is 5.32 Å². The van der Waals surface area contributed by atoms with Crippen molar-refractivity contribution in [1.29, 1.82) is 5.26 Å². The summed E-state index contributed by atoms with van der Waals surface area (Å²) in [5, 5.41) is 14.3. The number of benzene rings is 1. The van der Waals surface area contributed by atoms with Crippen LogP contribution in [0.5, 0.6) is 0 Å². The first-order valence-corrected chi connectivity index (χ1v) is 10.2. The van der Waals surface area contributed by atoms with E-state index in [0.717, 1.165) is 11.0 Å². The van der Waals surface area contributed by atoms with Gasteiger partial charge < -0.3 is 5.32 Å². The molecule has 1 unspecified atom stereocenters.